The Balaban J connectivity index is 2.37. The Morgan fingerprint density at radius 3 is 3.00 bits per heavy atom. The summed E-state index contributed by atoms with van der Waals surface area (Å²) in [5, 5.41) is 9.08. The van der Waals surface area contributed by atoms with Crippen molar-refractivity contribution in [2.24, 2.45) is 0 Å². The molecule has 0 radical (unpaired) electrons. The highest BCUT2D eigenvalue weighted by molar-refractivity contribution is 5.79. The Labute approximate surface area is 87.7 Å². The highest BCUT2D eigenvalue weighted by atomic mass is 16.5. The fourth-order valence-corrected chi connectivity index (χ4v) is 1.50. The van der Waals surface area contributed by atoms with Crippen LogP contribution in [0.3, 0.4) is 0 Å². The van der Waals surface area contributed by atoms with E-state index in [-0.39, 0.29) is 0 Å². The third-order valence-electron chi connectivity index (χ3n) is 2.74. The van der Waals surface area contributed by atoms with Crippen LogP contribution in [-0.2, 0) is 28.1 Å². The highest BCUT2D eigenvalue weighted by Crippen LogP contribution is 2.23. The molecule has 2 heterocycles. The lowest BCUT2D eigenvalue weighted by Crippen LogP contribution is -2.28. The van der Waals surface area contributed by atoms with E-state index in [0.717, 1.165) is 12.4 Å². The zero-order valence-corrected chi connectivity index (χ0v) is 8.86. The first-order valence-corrected chi connectivity index (χ1v) is 4.89. The van der Waals surface area contributed by atoms with Gasteiger partial charge >= 0.3 is 5.97 Å². The lowest BCUT2D eigenvalue weighted by Gasteiger charge is -2.15. The molecule has 5 nitrogen and oxygen atoms in total. The van der Waals surface area contributed by atoms with Crippen LogP contribution in [0.4, 0.5) is 0 Å². The maximum atomic E-state index is 11.1. The monoisotopic (exact) mass is 210 g/mol. The van der Waals surface area contributed by atoms with Gasteiger partial charge in [-0.2, -0.15) is 0 Å². The molecule has 0 atom stereocenters. The molecule has 0 saturated carbocycles. The second kappa shape index (κ2) is 3.34. The van der Waals surface area contributed by atoms with Gasteiger partial charge in [0.25, 0.3) is 0 Å². The number of carboxylic acid groups (broad SMARTS) is 1. The van der Waals surface area contributed by atoms with Gasteiger partial charge in [0.05, 0.1) is 12.3 Å². The minimum atomic E-state index is -0.940. The summed E-state index contributed by atoms with van der Waals surface area (Å²) >= 11 is 0. The Morgan fingerprint density at radius 1 is 1.67 bits per heavy atom. The molecular weight excluding hydrogens is 196 g/mol. The molecule has 5 heteroatoms. The second-order valence-electron chi connectivity index (χ2n) is 4.22. The summed E-state index contributed by atoms with van der Waals surface area (Å²) in [6.07, 6.45) is 1.81. The normalized spacial score (nSPS) is 16.1. The average molecular weight is 210 g/mol. The lowest BCUT2D eigenvalue weighted by atomic mass is 9.90. The van der Waals surface area contributed by atoms with Crippen molar-refractivity contribution in [3.05, 3.63) is 17.7 Å². The summed E-state index contributed by atoms with van der Waals surface area (Å²) < 4.78 is 7.21. The Kier molecular flexibility index (Phi) is 2.26. The van der Waals surface area contributed by atoms with E-state index in [9.17, 15) is 4.79 Å². The second-order valence-corrected chi connectivity index (χ2v) is 4.22. The minimum absolute atomic E-state index is 0.468. The molecule has 1 aromatic heterocycles. The maximum Gasteiger partial charge on any atom is 0.315 e. The van der Waals surface area contributed by atoms with E-state index < -0.39 is 11.4 Å². The van der Waals surface area contributed by atoms with Gasteiger partial charge in [-0.25, -0.2) is 4.98 Å². The van der Waals surface area contributed by atoms with Crippen molar-refractivity contribution in [1.82, 2.24) is 9.55 Å². The van der Waals surface area contributed by atoms with Gasteiger partial charge in [0.15, 0.2) is 0 Å². The molecule has 0 fully saturated rings. The summed E-state index contributed by atoms with van der Waals surface area (Å²) in [6, 6.07) is 0. The van der Waals surface area contributed by atoms with Crippen LogP contribution in [0.2, 0.25) is 0 Å². The van der Waals surface area contributed by atoms with Crippen LogP contribution in [0, 0.1) is 0 Å². The molecular formula is C10H14N2O3. The van der Waals surface area contributed by atoms with E-state index in [2.05, 4.69) is 4.98 Å². The smallest absolute Gasteiger partial charge is 0.315 e. The number of carbonyl (C=O) groups is 1. The third-order valence-corrected chi connectivity index (χ3v) is 2.74. The van der Waals surface area contributed by atoms with E-state index in [1.165, 1.54) is 0 Å². The largest absolute Gasteiger partial charge is 0.481 e. The number of aliphatic carboxylic acids is 1. The summed E-state index contributed by atoms with van der Waals surface area (Å²) in [5.74, 6) is -0.0514. The van der Waals surface area contributed by atoms with Crippen LogP contribution in [-0.4, -0.2) is 27.2 Å². The molecule has 0 unspecified atom stereocenters. The Morgan fingerprint density at radius 2 is 2.40 bits per heavy atom. The fourth-order valence-electron chi connectivity index (χ4n) is 1.50. The fraction of sp³-hybridized carbons (Fsp3) is 0.600. The van der Waals surface area contributed by atoms with Crippen molar-refractivity contribution < 1.29 is 14.6 Å². The molecule has 0 aliphatic carbocycles. The summed E-state index contributed by atoms with van der Waals surface area (Å²) in [5.41, 5.74) is -0.347. The van der Waals surface area contributed by atoms with Gasteiger partial charge in [-0.1, -0.05) is 0 Å². The van der Waals surface area contributed by atoms with E-state index >= 15 is 0 Å². The number of fused-ring (bicyclic) bond motifs is 1. The third kappa shape index (κ3) is 1.63. The molecule has 1 aromatic rings. The number of nitrogens with zero attached hydrogens (tertiary/aromatic N) is 2. The Bertz CT molecular complexity index is 372. The summed E-state index contributed by atoms with van der Waals surface area (Å²) in [4.78, 5) is 15.4. The zero-order valence-electron chi connectivity index (χ0n) is 8.86. The van der Waals surface area contributed by atoms with Crippen molar-refractivity contribution in [2.75, 3.05) is 6.61 Å². The molecule has 1 aliphatic heterocycles. The number of rotatable bonds is 2. The van der Waals surface area contributed by atoms with Crippen molar-refractivity contribution in [3.63, 3.8) is 0 Å². The minimum Gasteiger partial charge on any atom is -0.481 e. The van der Waals surface area contributed by atoms with Gasteiger partial charge in [0.2, 0.25) is 0 Å². The first-order valence-electron chi connectivity index (χ1n) is 4.89. The molecule has 0 aromatic carbocycles. The summed E-state index contributed by atoms with van der Waals surface area (Å²) in [7, 11) is 0. The molecule has 1 N–H and O–H groups in total. The van der Waals surface area contributed by atoms with Gasteiger partial charge < -0.3 is 14.4 Å². The van der Waals surface area contributed by atoms with Crippen LogP contribution >= 0.6 is 0 Å². The molecule has 1 aliphatic rings. The van der Waals surface area contributed by atoms with Crippen LogP contribution in [0.1, 0.15) is 25.4 Å². The number of carboxylic acids is 1. The van der Waals surface area contributed by atoms with Crippen molar-refractivity contribution >= 4 is 5.97 Å². The van der Waals surface area contributed by atoms with Crippen molar-refractivity contribution in [2.45, 2.75) is 32.4 Å². The molecule has 0 spiro atoms. The number of aromatic nitrogens is 2. The predicted molar refractivity (Wildman–Crippen MR) is 52.5 cm³/mol. The quantitative estimate of drug-likeness (QED) is 0.783. The maximum absolute atomic E-state index is 11.1. The van der Waals surface area contributed by atoms with E-state index in [1.807, 2.05) is 10.8 Å². The van der Waals surface area contributed by atoms with Gasteiger partial charge in [-0.15, -0.1) is 0 Å². The first-order chi connectivity index (χ1) is 7.01. The van der Waals surface area contributed by atoms with E-state index in [0.29, 0.717) is 18.9 Å². The van der Waals surface area contributed by atoms with Crippen LogP contribution < -0.4 is 0 Å². The number of hydrogen-bond acceptors (Lipinski definition) is 3. The van der Waals surface area contributed by atoms with Gasteiger partial charge in [0.1, 0.15) is 17.8 Å². The standard InChI is InChI=1S/C10H14N2O3/c1-10(2,9(13)14)7-5-12-3-4-15-6-8(12)11-7/h5H,3-4,6H2,1-2H3,(H,13,14). The van der Waals surface area contributed by atoms with Crippen LogP contribution in [0.5, 0.6) is 0 Å². The first kappa shape index (κ1) is 10.2. The van der Waals surface area contributed by atoms with Crippen molar-refractivity contribution in [3.8, 4) is 0 Å². The molecule has 0 bridgehead atoms. The highest BCUT2D eigenvalue weighted by Gasteiger charge is 2.33. The molecule has 0 amide bonds. The molecule has 0 saturated heterocycles. The molecule has 15 heavy (non-hydrogen) atoms. The van der Waals surface area contributed by atoms with Gasteiger partial charge in [-0.3, -0.25) is 4.79 Å². The van der Waals surface area contributed by atoms with E-state index in [1.54, 1.807) is 13.8 Å². The number of hydrogen-bond donors (Lipinski definition) is 1. The van der Waals surface area contributed by atoms with Gasteiger partial charge in [0, 0.05) is 12.7 Å². The number of imidazole rings is 1. The topological polar surface area (TPSA) is 64.3 Å². The molecule has 2 rings (SSSR count). The summed E-state index contributed by atoms with van der Waals surface area (Å²) in [6.45, 7) is 5.19. The lowest BCUT2D eigenvalue weighted by molar-refractivity contribution is -0.142. The average Bonchev–Trinajstić information content (AvgIpc) is 2.61. The van der Waals surface area contributed by atoms with Crippen LogP contribution in [0.25, 0.3) is 0 Å². The molecule has 82 valence electrons. The Hall–Kier alpha value is -1.36. The zero-order chi connectivity index (χ0) is 11.1. The van der Waals surface area contributed by atoms with Crippen LogP contribution in [0.15, 0.2) is 6.20 Å². The van der Waals surface area contributed by atoms with E-state index in [4.69, 9.17) is 9.84 Å². The predicted octanol–water partition coefficient (Wildman–Crippen LogP) is 0.776. The van der Waals surface area contributed by atoms with Crippen molar-refractivity contribution in [1.29, 1.82) is 0 Å². The van der Waals surface area contributed by atoms with Gasteiger partial charge in [-0.05, 0) is 13.8 Å². The SMILES string of the molecule is CC(C)(C(=O)O)c1cn2c(n1)COCC2. The number of ether oxygens (including phenoxy) is 1.